The SMILES string of the molecule is CC(NC(=O)c1ccccc1-c1ccccc1)c1ccc(-n2ccnc2)cc1. The van der Waals surface area contributed by atoms with Gasteiger partial charge in [0.15, 0.2) is 0 Å². The molecule has 1 aromatic heterocycles. The number of amides is 1. The van der Waals surface area contributed by atoms with Crippen LogP contribution in [0.1, 0.15) is 28.9 Å². The zero-order chi connectivity index (χ0) is 19.3. The van der Waals surface area contributed by atoms with Crippen molar-refractivity contribution in [3.05, 3.63) is 109 Å². The van der Waals surface area contributed by atoms with Gasteiger partial charge < -0.3 is 9.88 Å². The first kappa shape index (κ1) is 17.7. The maximum Gasteiger partial charge on any atom is 0.252 e. The quantitative estimate of drug-likeness (QED) is 0.538. The van der Waals surface area contributed by atoms with Crippen LogP contribution in [0, 0.1) is 0 Å². The van der Waals surface area contributed by atoms with Crippen LogP contribution in [-0.4, -0.2) is 15.5 Å². The lowest BCUT2D eigenvalue weighted by Gasteiger charge is -2.17. The highest BCUT2D eigenvalue weighted by Crippen LogP contribution is 2.24. The maximum absolute atomic E-state index is 13.0. The molecule has 1 unspecified atom stereocenters. The fourth-order valence-electron chi connectivity index (χ4n) is 3.26. The van der Waals surface area contributed by atoms with E-state index in [4.69, 9.17) is 0 Å². The van der Waals surface area contributed by atoms with Gasteiger partial charge in [0.05, 0.1) is 12.4 Å². The number of benzene rings is 3. The summed E-state index contributed by atoms with van der Waals surface area (Å²) in [5, 5.41) is 3.12. The van der Waals surface area contributed by atoms with Crippen LogP contribution in [0.5, 0.6) is 0 Å². The molecule has 1 heterocycles. The largest absolute Gasteiger partial charge is 0.345 e. The molecule has 1 amide bonds. The van der Waals surface area contributed by atoms with Gasteiger partial charge in [0.2, 0.25) is 0 Å². The van der Waals surface area contributed by atoms with E-state index in [1.54, 1.807) is 12.5 Å². The van der Waals surface area contributed by atoms with Crippen LogP contribution < -0.4 is 5.32 Å². The number of carbonyl (C=O) groups is 1. The van der Waals surface area contributed by atoms with Gasteiger partial charge >= 0.3 is 0 Å². The van der Waals surface area contributed by atoms with Gasteiger partial charge in [-0.05, 0) is 41.8 Å². The Hall–Kier alpha value is -3.66. The van der Waals surface area contributed by atoms with Crippen molar-refractivity contribution in [2.75, 3.05) is 0 Å². The van der Waals surface area contributed by atoms with Crippen LogP contribution in [0.3, 0.4) is 0 Å². The van der Waals surface area contributed by atoms with Gasteiger partial charge in [-0.2, -0.15) is 0 Å². The lowest BCUT2D eigenvalue weighted by atomic mass is 9.98. The van der Waals surface area contributed by atoms with Crippen LogP contribution in [-0.2, 0) is 0 Å². The molecule has 0 spiro atoms. The number of carbonyl (C=O) groups excluding carboxylic acids is 1. The first-order valence-corrected chi connectivity index (χ1v) is 9.26. The Labute approximate surface area is 164 Å². The van der Waals surface area contributed by atoms with Crippen LogP contribution >= 0.6 is 0 Å². The Morgan fingerprint density at radius 1 is 0.929 bits per heavy atom. The molecule has 0 radical (unpaired) electrons. The first-order valence-electron chi connectivity index (χ1n) is 9.26. The molecule has 4 heteroatoms. The van der Waals surface area contributed by atoms with Crippen LogP contribution in [0.4, 0.5) is 0 Å². The minimum absolute atomic E-state index is 0.0781. The van der Waals surface area contributed by atoms with Gasteiger partial charge in [-0.15, -0.1) is 0 Å². The van der Waals surface area contributed by atoms with Gasteiger partial charge in [-0.3, -0.25) is 4.79 Å². The normalized spacial score (nSPS) is 11.8. The smallest absolute Gasteiger partial charge is 0.252 e. The topological polar surface area (TPSA) is 46.9 Å². The number of imidazole rings is 1. The summed E-state index contributed by atoms with van der Waals surface area (Å²) in [5.74, 6) is -0.0781. The molecule has 0 aliphatic heterocycles. The summed E-state index contributed by atoms with van der Waals surface area (Å²) in [5.41, 5.74) is 4.73. The summed E-state index contributed by atoms with van der Waals surface area (Å²) >= 11 is 0. The van der Waals surface area contributed by atoms with E-state index in [1.165, 1.54) is 0 Å². The van der Waals surface area contributed by atoms with Gasteiger partial charge in [0.1, 0.15) is 0 Å². The highest BCUT2D eigenvalue weighted by Gasteiger charge is 2.15. The molecule has 3 aromatic carbocycles. The maximum atomic E-state index is 13.0. The van der Waals surface area contributed by atoms with Crippen molar-refractivity contribution in [3.8, 4) is 16.8 Å². The number of hydrogen-bond acceptors (Lipinski definition) is 2. The lowest BCUT2D eigenvalue weighted by molar-refractivity contribution is 0.0940. The van der Waals surface area contributed by atoms with Crippen molar-refractivity contribution in [1.29, 1.82) is 0 Å². The third kappa shape index (κ3) is 3.71. The van der Waals surface area contributed by atoms with E-state index < -0.39 is 0 Å². The Morgan fingerprint density at radius 3 is 2.36 bits per heavy atom. The molecule has 1 atom stereocenters. The number of nitrogens with one attached hydrogen (secondary N) is 1. The van der Waals surface area contributed by atoms with Crippen molar-refractivity contribution in [3.63, 3.8) is 0 Å². The Bertz CT molecular complexity index is 1050. The van der Waals surface area contributed by atoms with Crippen molar-refractivity contribution in [2.24, 2.45) is 0 Å². The zero-order valence-corrected chi connectivity index (χ0v) is 15.6. The van der Waals surface area contributed by atoms with Crippen molar-refractivity contribution < 1.29 is 4.79 Å². The van der Waals surface area contributed by atoms with Crippen molar-refractivity contribution in [2.45, 2.75) is 13.0 Å². The first-order chi connectivity index (χ1) is 13.7. The van der Waals surface area contributed by atoms with E-state index in [9.17, 15) is 4.79 Å². The summed E-state index contributed by atoms with van der Waals surface area (Å²) in [6, 6.07) is 25.7. The van der Waals surface area contributed by atoms with E-state index in [1.807, 2.05) is 96.6 Å². The van der Waals surface area contributed by atoms with E-state index in [-0.39, 0.29) is 11.9 Å². The van der Waals surface area contributed by atoms with E-state index in [0.717, 1.165) is 22.4 Å². The fourth-order valence-corrected chi connectivity index (χ4v) is 3.26. The number of hydrogen-bond donors (Lipinski definition) is 1. The van der Waals surface area contributed by atoms with Crippen molar-refractivity contribution in [1.82, 2.24) is 14.9 Å². The molecule has 28 heavy (non-hydrogen) atoms. The molecule has 0 aliphatic carbocycles. The van der Waals surface area contributed by atoms with Gasteiger partial charge in [0.25, 0.3) is 5.91 Å². The highest BCUT2D eigenvalue weighted by molar-refractivity contribution is 6.01. The van der Waals surface area contributed by atoms with E-state index >= 15 is 0 Å². The number of nitrogens with zero attached hydrogens (tertiary/aromatic N) is 2. The molecule has 138 valence electrons. The molecule has 4 nitrogen and oxygen atoms in total. The zero-order valence-electron chi connectivity index (χ0n) is 15.6. The average molecular weight is 367 g/mol. The molecular weight excluding hydrogens is 346 g/mol. The van der Waals surface area contributed by atoms with Gasteiger partial charge in [-0.25, -0.2) is 4.98 Å². The van der Waals surface area contributed by atoms with Crippen LogP contribution in [0.2, 0.25) is 0 Å². The van der Waals surface area contributed by atoms with Gasteiger partial charge in [-0.1, -0.05) is 60.7 Å². The summed E-state index contributed by atoms with van der Waals surface area (Å²) in [6.07, 6.45) is 5.42. The highest BCUT2D eigenvalue weighted by atomic mass is 16.1. The third-order valence-corrected chi connectivity index (χ3v) is 4.80. The summed E-state index contributed by atoms with van der Waals surface area (Å²) < 4.78 is 1.95. The third-order valence-electron chi connectivity index (χ3n) is 4.80. The molecule has 0 aliphatic rings. The predicted octanol–water partition coefficient (Wildman–Crippen LogP) is 5.03. The van der Waals surface area contributed by atoms with Crippen LogP contribution in [0.25, 0.3) is 16.8 Å². The molecule has 4 rings (SSSR count). The molecular formula is C24H21N3O. The second-order valence-electron chi connectivity index (χ2n) is 6.67. The lowest BCUT2D eigenvalue weighted by Crippen LogP contribution is -2.27. The molecule has 0 saturated carbocycles. The minimum Gasteiger partial charge on any atom is -0.345 e. The minimum atomic E-state index is -0.104. The Morgan fingerprint density at radius 2 is 1.64 bits per heavy atom. The van der Waals surface area contributed by atoms with Crippen LogP contribution in [0.15, 0.2) is 97.6 Å². The average Bonchev–Trinajstić information content (AvgIpc) is 3.29. The van der Waals surface area contributed by atoms with Crippen molar-refractivity contribution >= 4 is 5.91 Å². The summed E-state index contributed by atoms with van der Waals surface area (Å²) in [7, 11) is 0. The molecule has 4 aromatic rings. The second-order valence-corrected chi connectivity index (χ2v) is 6.67. The number of rotatable bonds is 5. The molecule has 0 fully saturated rings. The van der Waals surface area contributed by atoms with E-state index in [0.29, 0.717) is 5.56 Å². The summed E-state index contributed by atoms with van der Waals surface area (Å²) in [6.45, 7) is 2.00. The Balaban J connectivity index is 1.53. The second kappa shape index (κ2) is 7.92. The molecule has 1 N–H and O–H groups in total. The predicted molar refractivity (Wildman–Crippen MR) is 111 cm³/mol. The summed E-state index contributed by atoms with van der Waals surface area (Å²) in [4.78, 5) is 17.0. The fraction of sp³-hybridized carbons (Fsp3) is 0.0833. The molecule has 0 saturated heterocycles. The standard InChI is InChI=1S/C24H21N3O/c1-18(19-11-13-21(14-12-19)27-16-15-25-17-27)26-24(28)23-10-6-5-9-22(23)20-7-3-2-4-8-20/h2-18H,1H3,(H,26,28). The molecule has 0 bridgehead atoms. The van der Waals surface area contributed by atoms with E-state index in [2.05, 4.69) is 10.3 Å². The van der Waals surface area contributed by atoms with Gasteiger partial charge in [0, 0.05) is 23.6 Å². The number of aromatic nitrogens is 2. The monoisotopic (exact) mass is 367 g/mol. The Kier molecular flexibility index (Phi) is 5.02.